The second kappa shape index (κ2) is 12.7. The predicted molar refractivity (Wildman–Crippen MR) is 150 cm³/mol. The zero-order chi connectivity index (χ0) is 31.7. The van der Waals surface area contributed by atoms with Crippen LogP contribution in [0.3, 0.4) is 0 Å². The van der Waals surface area contributed by atoms with E-state index in [9.17, 15) is 35.2 Å². The summed E-state index contributed by atoms with van der Waals surface area (Å²) in [6, 6.07) is 3.81. The van der Waals surface area contributed by atoms with Gasteiger partial charge in [0.1, 0.15) is 15.6 Å². The van der Waals surface area contributed by atoms with Crippen LogP contribution in [0.2, 0.25) is 5.02 Å². The molecule has 3 rings (SSSR count). The molecule has 1 heterocycles. The first-order chi connectivity index (χ1) is 19.3. The molecule has 0 saturated heterocycles. The average Bonchev–Trinajstić information content (AvgIpc) is 3.22. The first-order valence-corrected chi connectivity index (χ1v) is 15.7. The second-order valence-electron chi connectivity index (χ2n) is 11.3. The quantitative estimate of drug-likeness (QED) is 0.308. The Morgan fingerprint density at radius 1 is 1.24 bits per heavy atom. The van der Waals surface area contributed by atoms with E-state index in [1.54, 1.807) is 14.0 Å². The van der Waals surface area contributed by atoms with E-state index in [1.165, 1.54) is 23.1 Å². The molecule has 1 fully saturated rings. The van der Waals surface area contributed by atoms with Crippen molar-refractivity contribution in [2.45, 2.75) is 83.0 Å². The van der Waals surface area contributed by atoms with Crippen LogP contribution in [0.5, 0.6) is 5.75 Å². The number of likely N-dealkylation sites (N-methyl/N-ethyl adjacent to an activating group) is 1. The minimum absolute atomic E-state index is 0.0352. The standard InChI is InChI=1S/C27H36ClF5N4O4S/c1-6-37-22(18-8-7-16(13-19(18)41-24(29)30)14-25(2,3)27(31,32)33)20(28)21(36-37)23(38)35-15-26(34-4)11-9-17(10-12-26)42(5,39)40/h7-8,13,17,24,34H,6,9-12,14-15H2,1-5H3,(H,35,38). The van der Waals surface area contributed by atoms with Crippen molar-refractivity contribution < 1.29 is 39.9 Å². The largest absolute Gasteiger partial charge is 0.434 e. The zero-order valence-corrected chi connectivity index (χ0v) is 25.6. The number of carbonyl (C=O) groups excluding carboxylic acids is 1. The lowest BCUT2D eigenvalue weighted by atomic mass is 9.81. The minimum atomic E-state index is -4.53. The number of ether oxygens (including phenoxy) is 1. The third-order valence-electron chi connectivity index (χ3n) is 7.95. The molecule has 0 atom stereocenters. The third kappa shape index (κ3) is 7.54. The number of nitrogens with one attached hydrogen (secondary N) is 2. The number of sulfone groups is 1. The van der Waals surface area contributed by atoms with Gasteiger partial charge >= 0.3 is 12.8 Å². The van der Waals surface area contributed by atoms with Crippen molar-refractivity contribution in [1.82, 2.24) is 20.4 Å². The van der Waals surface area contributed by atoms with Gasteiger partial charge in [-0.15, -0.1) is 0 Å². The molecule has 8 nitrogen and oxygen atoms in total. The van der Waals surface area contributed by atoms with E-state index in [0.29, 0.717) is 25.7 Å². The Balaban J connectivity index is 1.91. The SMILES string of the molecule is CCn1nc(C(=O)NCC2(NC)CCC(S(C)(=O)=O)CC2)c(Cl)c1-c1ccc(CC(C)(C)C(F)(F)F)cc1OC(F)F. The number of alkyl halides is 5. The van der Waals surface area contributed by atoms with E-state index in [2.05, 4.69) is 20.5 Å². The highest BCUT2D eigenvalue weighted by molar-refractivity contribution is 7.91. The topological polar surface area (TPSA) is 102 Å². The Labute approximate surface area is 247 Å². The predicted octanol–water partition coefficient (Wildman–Crippen LogP) is 5.63. The summed E-state index contributed by atoms with van der Waals surface area (Å²) in [7, 11) is -1.45. The van der Waals surface area contributed by atoms with E-state index in [1.807, 2.05) is 0 Å². The Bertz CT molecular complexity index is 1390. The number of nitrogens with zero attached hydrogens (tertiary/aromatic N) is 2. The van der Waals surface area contributed by atoms with Crippen LogP contribution in [-0.4, -0.2) is 67.5 Å². The molecule has 15 heteroatoms. The molecule has 1 amide bonds. The molecule has 1 aromatic carbocycles. The van der Waals surface area contributed by atoms with Crippen LogP contribution in [0.1, 0.15) is 62.5 Å². The van der Waals surface area contributed by atoms with Crippen LogP contribution in [0, 0.1) is 5.41 Å². The molecule has 2 aromatic rings. The highest BCUT2D eigenvalue weighted by Gasteiger charge is 2.47. The molecule has 0 radical (unpaired) electrons. The first-order valence-electron chi connectivity index (χ1n) is 13.4. The molecule has 0 unspecified atom stereocenters. The van der Waals surface area contributed by atoms with Gasteiger partial charge in [-0.1, -0.05) is 31.5 Å². The van der Waals surface area contributed by atoms with Gasteiger partial charge < -0.3 is 15.4 Å². The molecular weight excluding hydrogens is 607 g/mol. The number of aromatic nitrogens is 2. The number of benzene rings is 1. The summed E-state index contributed by atoms with van der Waals surface area (Å²) >= 11 is 6.59. The molecular formula is C27H36ClF5N4O4S. The summed E-state index contributed by atoms with van der Waals surface area (Å²) < 4.78 is 97.0. The lowest BCUT2D eigenvalue weighted by Crippen LogP contribution is -2.55. The van der Waals surface area contributed by atoms with Crippen LogP contribution < -0.4 is 15.4 Å². The van der Waals surface area contributed by atoms with Gasteiger partial charge in [-0.05, 0) is 63.8 Å². The fraction of sp³-hybridized carbons (Fsp3) is 0.630. The Morgan fingerprint density at radius 3 is 2.36 bits per heavy atom. The van der Waals surface area contributed by atoms with Gasteiger partial charge in [0.15, 0.2) is 5.69 Å². The van der Waals surface area contributed by atoms with Crippen molar-refractivity contribution in [3.8, 4) is 17.0 Å². The number of aryl methyl sites for hydroxylation is 1. The summed E-state index contributed by atoms with van der Waals surface area (Å²) in [4.78, 5) is 13.2. The van der Waals surface area contributed by atoms with Gasteiger partial charge in [0.25, 0.3) is 5.91 Å². The van der Waals surface area contributed by atoms with Crippen LogP contribution in [0.4, 0.5) is 22.0 Å². The van der Waals surface area contributed by atoms with Gasteiger partial charge in [0, 0.05) is 30.4 Å². The van der Waals surface area contributed by atoms with Gasteiger partial charge in [0.05, 0.1) is 21.4 Å². The molecule has 1 aliphatic rings. The molecule has 0 spiro atoms. The Kier molecular flexibility index (Phi) is 10.3. The monoisotopic (exact) mass is 642 g/mol. The molecule has 1 saturated carbocycles. The van der Waals surface area contributed by atoms with Crippen LogP contribution in [-0.2, 0) is 22.8 Å². The first kappa shape index (κ1) is 34.0. The van der Waals surface area contributed by atoms with Crippen molar-refractivity contribution in [2.75, 3.05) is 19.8 Å². The fourth-order valence-corrected chi connectivity index (χ4v) is 6.58. The maximum absolute atomic E-state index is 13.5. The van der Waals surface area contributed by atoms with E-state index in [0.717, 1.165) is 19.9 Å². The van der Waals surface area contributed by atoms with E-state index < -0.39 is 56.9 Å². The summed E-state index contributed by atoms with van der Waals surface area (Å²) in [5.74, 6) is -1.03. The molecule has 0 aliphatic heterocycles. The van der Waals surface area contributed by atoms with Crippen molar-refractivity contribution in [3.63, 3.8) is 0 Å². The van der Waals surface area contributed by atoms with Crippen LogP contribution in [0.15, 0.2) is 18.2 Å². The maximum Gasteiger partial charge on any atom is 0.394 e. The summed E-state index contributed by atoms with van der Waals surface area (Å²) in [6.07, 6.45) is -1.90. The average molecular weight is 643 g/mol. The van der Waals surface area contributed by atoms with Crippen LogP contribution >= 0.6 is 11.6 Å². The summed E-state index contributed by atoms with van der Waals surface area (Å²) in [6.45, 7) is 0.790. The smallest absolute Gasteiger partial charge is 0.394 e. The third-order valence-corrected chi connectivity index (χ3v) is 9.99. The Morgan fingerprint density at radius 2 is 1.86 bits per heavy atom. The molecule has 1 aliphatic carbocycles. The number of rotatable bonds is 11. The number of hydrogen-bond acceptors (Lipinski definition) is 6. The van der Waals surface area contributed by atoms with Crippen molar-refractivity contribution in [3.05, 3.63) is 34.5 Å². The fourth-order valence-electron chi connectivity index (χ4n) is 5.17. The molecule has 2 N–H and O–H groups in total. The number of halogens is 6. The maximum atomic E-state index is 13.5. The molecule has 42 heavy (non-hydrogen) atoms. The van der Waals surface area contributed by atoms with Crippen molar-refractivity contribution in [1.29, 1.82) is 0 Å². The number of amides is 1. The number of carbonyl (C=O) groups is 1. The van der Waals surface area contributed by atoms with Crippen molar-refractivity contribution >= 4 is 27.3 Å². The lowest BCUT2D eigenvalue weighted by molar-refractivity contribution is -0.211. The van der Waals surface area contributed by atoms with Gasteiger partial charge in [-0.2, -0.15) is 27.1 Å². The highest BCUT2D eigenvalue weighted by Crippen LogP contribution is 2.43. The van der Waals surface area contributed by atoms with Gasteiger partial charge in [0.2, 0.25) is 0 Å². The Hall–Kier alpha value is -2.45. The second-order valence-corrected chi connectivity index (χ2v) is 14.0. The molecule has 236 valence electrons. The van der Waals surface area contributed by atoms with Crippen molar-refractivity contribution in [2.24, 2.45) is 5.41 Å². The van der Waals surface area contributed by atoms with Gasteiger partial charge in [-0.3, -0.25) is 9.48 Å². The minimum Gasteiger partial charge on any atom is -0.434 e. The summed E-state index contributed by atoms with van der Waals surface area (Å²) in [5, 5.41) is 9.68. The molecule has 0 bridgehead atoms. The van der Waals surface area contributed by atoms with E-state index in [4.69, 9.17) is 11.6 Å². The summed E-state index contributed by atoms with van der Waals surface area (Å²) in [5.41, 5.74) is -2.59. The van der Waals surface area contributed by atoms with Gasteiger partial charge in [-0.25, -0.2) is 8.42 Å². The van der Waals surface area contributed by atoms with E-state index >= 15 is 0 Å². The highest BCUT2D eigenvalue weighted by atomic mass is 35.5. The molecule has 1 aromatic heterocycles. The van der Waals surface area contributed by atoms with E-state index in [-0.39, 0.29) is 40.6 Å². The van der Waals surface area contributed by atoms with Crippen LogP contribution in [0.25, 0.3) is 11.3 Å². The normalized spacial score (nSPS) is 20.1. The number of hydrogen-bond donors (Lipinski definition) is 2. The zero-order valence-electron chi connectivity index (χ0n) is 24.0. The lowest BCUT2D eigenvalue weighted by Gasteiger charge is -2.39.